The monoisotopic (exact) mass is 640 g/mol. The minimum Gasteiger partial charge on any atom is -0.0915 e. The van der Waals surface area contributed by atoms with E-state index in [4.69, 9.17) is 0 Å². The second-order valence-corrected chi connectivity index (χ2v) is 28.3. The molecule has 1 unspecified atom stereocenters. The molecule has 0 heterocycles. The number of benzene rings is 3. The zero-order chi connectivity index (χ0) is 32.6. The minimum absolute atomic E-state index is 0.258. The van der Waals surface area contributed by atoms with Crippen LogP contribution >= 0.6 is 15.8 Å². The first-order valence-electron chi connectivity index (χ1n) is 16.5. The summed E-state index contributed by atoms with van der Waals surface area (Å²) in [7, 11) is -3.13. The summed E-state index contributed by atoms with van der Waals surface area (Å²) in [5, 5.41) is 5.61. The lowest BCUT2D eigenvalue weighted by molar-refractivity contribution is 0.703. The van der Waals surface area contributed by atoms with E-state index in [1.165, 1.54) is 27.9 Å². The molecule has 3 aromatic carbocycles. The highest BCUT2D eigenvalue weighted by Gasteiger charge is 2.50. The van der Waals surface area contributed by atoms with Gasteiger partial charge in [-0.05, 0) is 54.1 Å². The van der Waals surface area contributed by atoms with E-state index in [1.807, 2.05) is 0 Å². The van der Waals surface area contributed by atoms with Gasteiger partial charge in [-0.1, -0.05) is 208 Å². The topological polar surface area (TPSA) is 0 Å². The van der Waals surface area contributed by atoms with E-state index in [9.17, 15) is 0 Å². The molecule has 0 saturated carbocycles. The van der Waals surface area contributed by atoms with Crippen LogP contribution in [0.1, 0.15) is 83.1 Å². The fourth-order valence-electron chi connectivity index (χ4n) is 7.84. The third-order valence-electron chi connectivity index (χ3n) is 9.33. The zero-order valence-corrected chi connectivity index (χ0v) is 32.5. The summed E-state index contributed by atoms with van der Waals surface area (Å²) in [6.07, 6.45) is 7.67. The first-order chi connectivity index (χ1) is 20.4. The molecule has 0 aromatic heterocycles. The molecule has 0 N–H and O–H groups in total. The Morgan fingerprint density at radius 1 is 0.477 bits per heavy atom. The summed E-state index contributed by atoms with van der Waals surface area (Å²) >= 11 is 0. The van der Waals surface area contributed by atoms with E-state index < -0.39 is 8.07 Å². The summed E-state index contributed by atoms with van der Waals surface area (Å²) in [6.45, 7) is 29.9. The SMILES string of the molecule is CC(C)(C)P(CC1=C(CP(C(C)(C)C)C(C)(C)C)C([Si](c2ccccc2)(c2ccccc2)c2ccccc2)C=C1)C(C)(C)C. The van der Waals surface area contributed by atoms with Crippen LogP contribution in [0.5, 0.6) is 0 Å². The van der Waals surface area contributed by atoms with Gasteiger partial charge >= 0.3 is 0 Å². The van der Waals surface area contributed by atoms with Gasteiger partial charge in [0.1, 0.15) is 0 Å². The van der Waals surface area contributed by atoms with Crippen molar-refractivity contribution in [2.75, 3.05) is 12.3 Å². The quantitative estimate of drug-likeness (QED) is 0.131. The zero-order valence-electron chi connectivity index (χ0n) is 29.7. The maximum Gasteiger partial charge on any atom is 0.159 e. The largest absolute Gasteiger partial charge is 0.159 e. The van der Waals surface area contributed by atoms with Gasteiger partial charge in [0, 0.05) is 5.54 Å². The number of rotatable bonds is 8. The van der Waals surface area contributed by atoms with Gasteiger partial charge in [-0.3, -0.25) is 0 Å². The van der Waals surface area contributed by atoms with Gasteiger partial charge in [0.2, 0.25) is 0 Å². The van der Waals surface area contributed by atoms with Crippen molar-refractivity contribution in [3.05, 3.63) is 114 Å². The first-order valence-corrected chi connectivity index (χ1v) is 21.6. The Morgan fingerprint density at radius 2 is 0.795 bits per heavy atom. The maximum atomic E-state index is 2.67. The van der Waals surface area contributed by atoms with Crippen molar-refractivity contribution in [1.29, 1.82) is 0 Å². The molecular formula is C41H58P2Si. The Balaban J connectivity index is 2.08. The van der Waals surface area contributed by atoms with Crippen molar-refractivity contribution in [3.8, 4) is 0 Å². The molecule has 1 atom stereocenters. The average molecular weight is 641 g/mol. The smallest absolute Gasteiger partial charge is 0.0915 e. The summed E-state index contributed by atoms with van der Waals surface area (Å²) in [5.41, 5.74) is 3.76. The predicted octanol–water partition coefficient (Wildman–Crippen LogP) is 10.6. The lowest BCUT2D eigenvalue weighted by Crippen LogP contribution is -2.69. The molecule has 0 radical (unpaired) electrons. The van der Waals surface area contributed by atoms with E-state index in [-0.39, 0.29) is 36.5 Å². The molecule has 1 aliphatic carbocycles. The van der Waals surface area contributed by atoms with Crippen LogP contribution in [0.3, 0.4) is 0 Å². The fourth-order valence-corrected chi connectivity index (χ4v) is 20.7. The standard InChI is InChI=1S/C41H58P2Si/c1-38(2,3)42(39(4,5)6)30-32-28-29-37(36(32)31-43(40(7,8)9)41(10,11)12)44(33-22-16-13-17-23-33,34-24-18-14-19-25-34)35-26-20-15-21-27-35/h13-29,37H,30-31H2,1-12H3. The van der Waals surface area contributed by atoms with E-state index in [2.05, 4.69) is 186 Å². The van der Waals surface area contributed by atoms with Crippen molar-refractivity contribution >= 4 is 39.5 Å². The molecule has 4 rings (SSSR count). The Bertz CT molecular complexity index is 1300. The van der Waals surface area contributed by atoms with Crippen LogP contribution in [-0.4, -0.2) is 41.0 Å². The molecule has 1 aliphatic rings. The van der Waals surface area contributed by atoms with Crippen LogP contribution in [0.4, 0.5) is 0 Å². The van der Waals surface area contributed by atoms with Crippen LogP contribution in [0.15, 0.2) is 114 Å². The Hall–Kier alpha value is -1.78. The summed E-state index contributed by atoms with van der Waals surface area (Å²) in [4.78, 5) is 0. The van der Waals surface area contributed by atoms with E-state index >= 15 is 0 Å². The van der Waals surface area contributed by atoms with Gasteiger partial charge in [-0.2, -0.15) is 0 Å². The Morgan fingerprint density at radius 3 is 1.11 bits per heavy atom. The second-order valence-electron chi connectivity index (χ2n) is 16.6. The van der Waals surface area contributed by atoms with E-state index in [0.717, 1.165) is 0 Å². The van der Waals surface area contributed by atoms with Gasteiger partial charge in [0.15, 0.2) is 8.07 Å². The van der Waals surface area contributed by atoms with Crippen LogP contribution in [0, 0.1) is 0 Å². The molecule has 0 nitrogen and oxygen atoms in total. The van der Waals surface area contributed by atoms with Crippen molar-refractivity contribution < 1.29 is 0 Å². The highest BCUT2D eigenvalue weighted by atomic mass is 31.1. The highest BCUT2D eigenvalue weighted by molar-refractivity contribution is 7.61. The van der Waals surface area contributed by atoms with Gasteiger partial charge < -0.3 is 0 Å². The van der Waals surface area contributed by atoms with Crippen molar-refractivity contribution in [2.24, 2.45) is 0 Å². The second kappa shape index (κ2) is 13.1. The molecule has 0 bridgehead atoms. The molecule has 0 spiro atoms. The van der Waals surface area contributed by atoms with Gasteiger partial charge in [-0.25, -0.2) is 0 Å². The summed E-state index contributed by atoms with van der Waals surface area (Å²) in [5.74, 6) is 0. The molecular weight excluding hydrogens is 582 g/mol. The normalized spacial score (nSPS) is 16.8. The third kappa shape index (κ3) is 7.43. The summed E-state index contributed by atoms with van der Waals surface area (Å²) in [6, 6.07) is 34.7. The van der Waals surface area contributed by atoms with Gasteiger partial charge in [0.05, 0.1) is 0 Å². The first kappa shape index (κ1) is 35.1. The molecule has 0 amide bonds. The van der Waals surface area contributed by atoms with E-state index in [0.29, 0.717) is 5.54 Å². The minimum atomic E-state index is -2.55. The lowest BCUT2D eigenvalue weighted by Gasteiger charge is -2.46. The van der Waals surface area contributed by atoms with Gasteiger partial charge in [0.25, 0.3) is 0 Å². The molecule has 0 saturated heterocycles. The van der Waals surface area contributed by atoms with Crippen molar-refractivity contribution in [1.82, 2.24) is 0 Å². The van der Waals surface area contributed by atoms with Crippen molar-refractivity contribution in [3.63, 3.8) is 0 Å². The number of hydrogen-bond acceptors (Lipinski definition) is 0. The lowest BCUT2D eigenvalue weighted by atomic mass is 10.2. The maximum absolute atomic E-state index is 2.67. The highest BCUT2D eigenvalue weighted by Crippen LogP contribution is 2.64. The molecule has 0 aliphatic heterocycles. The number of allylic oxidation sites excluding steroid dienone is 4. The Labute approximate surface area is 274 Å². The average Bonchev–Trinajstić information content (AvgIpc) is 3.32. The van der Waals surface area contributed by atoms with Gasteiger partial charge in [-0.15, -0.1) is 0 Å². The predicted molar refractivity (Wildman–Crippen MR) is 206 cm³/mol. The molecule has 44 heavy (non-hydrogen) atoms. The molecule has 3 heteroatoms. The fraction of sp³-hybridized carbons (Fsp3) is 0.463. The van der Waals surface area contributed by atoms with Crippen LogP contribution < -0.4 is 15.6 Å². The van der Waals surface area contributed by atoms with Crippen LogP contribution in [0.25, 0.3) is 0 Å². The van der Waals surface area contributed by atoms with Crippen LogP contribution in [0.2, 0.25) is 5.54 Å². The summed E-state index contributed by atoms with van der Waals surface area (Å²) < 4.78 is 0. The Kier molecular flexibility index (Phi) is 10.5. The molecule has 0 fully saturated rings. The van der Waals surface area contributed by atoms with Crippen LogP contribution in [-0.2, 0) is 0 Å². The molecule has 3 aromatic rings. The van der Waals surface area contributed by atoms with Crippen molar-refractivity contribution in [2.45, 2.75) is 109 Å². The third-order valence-corrected chi connectivity index (χ3v) is 22.3. The molecule has 236 valence electrons. The number of hydrogen-bond donors (Lipinski definition) is 0. The van der Waals surface area contributed by atoms with E-state index in [1.54, 1.807) is 11.1 Å².